The second-order valence-electron chi connectivity index (χ2n) is 10.6. The number of imidazole rings is 1. The van der Waals surface area contributed by atoms with E-state index in [9.17, 15) is 9.59 Å². The summed E-state index contributed by atoms with van der Waals surface area (Å²) in [7, 11) is 3.63. The molecule has 198 valence electrons. The summed E-state index contributed by atoms with van der Waals surface area (Å²) in [5.74, 6) is 3.17. The number of rotatable bonds is 3. The number of fused-ring (bicyclic) bond motifs is 1. The lowest BCUT2D eigenvalue weighted by Gasteiger charge is -2.34. The highest BCUT2D eigenvalue weighted by Gasteiger charge is 2.42. The van der Waals surface area contributed by atoms with E-state index in [0.717, 1.165) is 52.0 Å². The average Bonchev–Trinajstić information content (AvgIpc) is 3.47. The highest BCUT2D eigenvalue weighted by Crippen LogP contribution is 2.55. The summed E-state index contributed by atoms with van der Waals surface area (Å²) >= 11 is 0. The zero-order valence-corrected chi connectivity index (χ0v) is 22.0. The molecule has 4 aromatic rings. The monoisotopic (exact) mass is 522 g/mol. The molecule has 0 spiro atoms. The zero-order valence-electron chi connectivity index (χ0n) is 22.0. The number of nitrogens with two attached hydrogens (primary N) is 1. The van der Waals surface area contributed by atoms with E-state index >= 15 is 0 Å². The molecule has 2 bridgehead atoms. The number of terminal acetylenes is 1. The molecule has 39 heavy (non-hydrogen) atoms. The number of carbonyl (C=O) groups is 2. The maximum absolute atomic E-state index is 12.4. The third kappa shape index (κ3) is 4.08. The van der Waals surface area contributed by atoms with Crippen molar-refractivity contribution in [2.24, 2.45) is 12.8 Å². The van der Waals surface area contributed by atoms with Gasteiger partial charge in [-0.3, -0.25) is 14.3 Å². The van der Waals surface area contributed by atoms with Gasteiger partial charge >= 0.3 is 0 Å². The molecule has 1 aliphatic heterocycles. The molecule has 2 aromatic carbocycles. The van der Waals surface area contributed by atoms with Crippen LogP contribution in [0.1, 0.15) is 64.2 Å². The van der Waals surface area contributed by atoms with Crippen molar-refractivity contribution in [2.45, 2.75) is 43.7 Å². The van der Waals surface area contributed by atoms with Gasteiger partial charge in [0.2, 0.25) is 0 Å². The first-order valence-corrected chi connectivity index (χ1v) is 13.1. The molecule has 3 heterocycles. The number of likely N-dealkylation sites (tertiary alicyclic amines) is 1. The van der Waals surface area contributed by atoms with Crippen LogP contribution in [0.4, 0.5) is 0 Å². The van der Waals surface area contributed by atoms with E-state index in [1.165, 1.54) is 10.5 Å². The number of benzene rings is 2. The summed E-state index contributed by atoms with van der Waals surface area (Å²) in [6, 6.07) is 14.2. The predicted octanol–water partition coefficient (Wildman–Crippen LogP) is 2.75. The van der Waals surface area contributed by atoms with Gasteiger partial charge in [-0.25, -0.2) is 4.98 Å². The minimum Gasteiger partial charge on any atom is -0.383 e. The largest absolute Gasteiger partial charge is 0.383 e. The Morgan fingerprint density at radius 2 is 1.95 bits per heavy atom. The third-order valence-electron chi connectivity index (χ3n) is 8.21. The standard InChI is InChI=1S/C25H21N5O.C5H9NO2/c1-3-14-8-9-17-15-11-16(12-15)23-22(19(17)10-14)27-25(24(26)31)30(23)13-20-18-6-4-5-7-21(18)29(2)28-20;1-6-3-2-4(7)5(6)8/h1,4-10,15-16H,11-13H2,2H3,(H2,26,31);4,7H,2-3H2,1H3. The van der Waals surface area contributed by atoms with Crippen molar-refractivity contribution in [3.63, 3.8) is 0 Å². The Morgan fingerprint density at radius 1 is 1.18 bits per heavy atom. The van der Waals surface area contributed by atoms with Crippen LogP contribution in [0.2, 0.25) is 0 Å². The van der Waals surface area contributed by atoms with E-state index in [-0.39, 0.29) is 11.7 Å². The number of aryl methyl sites for hydroxylation is 1. The fourth-order valence-corrected chi connectivity index (χ4v) is 6.09. The number of aromatic nitrogens is 4. The summed E-state index contributed by atoms with van der Waals surface area (Å²) in [6.45, 7) is 1.15. The number of amides is 2. The lowest BCUT2D eigenvalue weighted by atomic mass is 9.71. The lowest BCUT2D eigenvalue weighted by Crippen LogP contribution is -2.25. The Morgan fingerprint density at radius 3 is 2.59 bits per heavy atom. The molecule has 8 rings (SSSR count). The average molecular weight is 523 g/mol. The molecule has 9 heteroatoms. The molecule has 9 nitrogen and oxygen atoms in total. The predicted molar refractivity (Wildman–Crippen MR) is 147 cm³/mol. The second-order valence-corrected chi connectivity index (χ2v) is 10.6. The topological polar surface area (TPSA) is 119 Å². The van der Waals surface area contributed by atoms with Gasteiger partial charge in [0.1, 0.15) is 6.10 Å². The van der Waals surface area contributed by atoms with Crippen LogP contribution in [0.15, 0.2) is 42.5 Å². The molecule has 1 saturated heterocycles. The van der Waals surface area contributed by atoms with E-state index in [1.54, 1.807) is 7.05 Å². The number of likely N-dealkylation sites (N-methyl/N-ethyl adjacent to an activating group) is 1. The minimum atomic E-state index is -0.722. The summed E-state index contributed by atoms with van der Waals surface area (Å²) in [4.78, 5) is 29.3. The number of aliphatic hydroxyl groups excluding tert-OH is 1. The summed E-state index contributed by atoms with van der Waals surface area (Å²) in [5.41, 5.74) is 12.8. The molecule has 2 fully saturated rings. The van der Waals surface area contributed by atoms with Crippen LogP contribution in [0.25, 0.3) is 22.2 Å². The highest BCUT2D eigenvalue weighted by molar-refractivity contribution is 5.91. The Kier molecular flexibility index (Phi) is 6.00. The first-order chi connectivity index (χ1) is 18.8. The number of primary amides is 1. The van der Waals surface area contributed by atoms with Crippen LogP contribution in [0.5, 0.6) is 0 Å². The maximum Gasteiger partial charge on any atom is 0.284 e. The SMILES string of the molecule is C#Cc1ccc2c(c1)-c1nc(C(N)=O)n(Cc3nn(C)c4ccccc34)c1C1CC2C1.CN1CCC(O)C1=O. The van der Waals surface area contributed by atoms with Crippen LogP contribution in [0, 0.1) is 12.3 Å². The van der Waals surface area contributed by atoms with Gasteiger partial charge in [-0.1, -0.05) is 30.2 Å². The smallest absolute Gasteiger partial charge is 0.284 e. The lowest BCUT2D eigenvalue weighted by molar-refractivity contribution is -0.133. The molecule has 3 aliphatic carbocycles. The number of hydrogen-bond acceptors (Lipinski definition) is 5. The Hall–Kier alpha value is -4.42. The molecule has 0 radical (unpaired) electrons. The fraction of sp³-hybridized carbons (Fsp3) is 0.333. The molecule has 3 N–H and O–H groups in total. The highest BCUT2D eigenvalue weighted by atomic mass is 16.3. The molecular formula is C30H30N6O3. The van der Waals surface area contributed by atoms with E-state index in [4.69, 9.17) is 27.3 Å². The molecule has 1 atom stereocenters. The summed E-state index contributed by atoms with van der Waals surface area (Å²) in [6.07, 6.45) is 7.63. The van der Waals surface area contributed by atoms with Gasteiger partial charge < -0.3 is 20.3 Å². The molecule has 4 aliphatic rings. The van der Waals surface area contributed by atoms with Crippen LogP contribution in [0.3, 0.4) is 0 Å². The van der Waals surface area contributed by atoms with Crippen molar-refractivity contribution < 1.29 is 14.7 Å². The van der Waals surface area contributed by atoms with Gasteiger partial charge in [0.25, 0.3) is 11.8 Å². The number of hydrogen-bond donors (Lipinski definition) is 2. The zero-order chi connectivity index (χ0) is 27.4. The van der Waals surface area contributed by atoms with Gasteiger partial charge in [-0.2, -0.15) is 5.10 Å². The van der Waals surface area contributed by atoms with Crippen molar-refractivity contribution in [1.29, 1.82) is 0 Å². The van der Waals surface area contributed by atoms with Crippen molar-refractivity contribution >= 4 is 22.7 Å². The van der Waals surface area contributed by atoms with E-state index < -0.39 is 12.0 Å². The second kappa shape index (κ2) is 9.40. The van der Waals surface area contributed by atoms with Gasteiger partial charge in [0.15, 0.2) is 5.82 Å². The normalized spacial score (nSPS) is 20.8. The van der Waals surface area contributed by atoms with Gasteiger partial charge in [-0.15, -0.1) is 6.42 Å². The van der Waals surface area contributed by atoms with Crippen LogP contribution in [-0.2, 0) is 18.4 Å². The van der Waals surface area contributed by atoms with Crippen molar-refractivity contribution in [1.82, 2.24) is 24.2 Å². The maximum atomic E-state index is 12.4. The Labute approximate surface area is 226 Å². The summed E-state index contributed by atoms with van der Waals surface area (Å²) in [5, 5.41) is 14.6. The number of para-hydroxylation sites is 1. The Balaban J connectivity index is 0.000000299. The van der Waals surface area contributed by atoms with Gasteiger partial charge in [-0.05, 0) is 48.9 Å². The van der Waals surface area contributed by atoms with E-state index in [2.05, 4.69) is 18.1 Å². The van der Waals surface area contributed by atoms with E-state index in [0.29, 0.717) is 31.3 Å². The molecule has 2 amide bonds. The van der Waals surface area contributed by atoms with Crippen LogP contribution < -0.4 is 5.73 Å². The Bertz CT molecular complexity index is 1660. The van der Waals surface area contributed by atoms with E-state index in [1.807, 2.05) is 46.6 Å². The van der Waals surface area contributed by atoms with Crippen molar-refractivity contribution in [2.75, 3.05) is 13.6 Å². The molecule has 2 aromatic heterocycles. The molecular weight excluding hydrogens is 492 g/mol. The van der Waals surface area contributed by atoms with Crippen molar-refractivity contribution in [3.05, 3.63) is 70.8 Å². The first kappa shape index (κ1) is 24.9. The fourth-order valence-electron chi connectivity index (χ4n) is 6.09. The van der Waals surface area contributed by atoms with Gasteiger partial charge in [0, 0.05) is 48.8 Å². The van der Waals surface area contributed by atoms with Gasteiger partial charge in [0.05, 0.1) is 23.4 Å². The third-order valence-corrected chi connectivity index (χ3v) is 8.21. The number of nitrogens with zero attached hydrogens (tertiary/aromatic N) is 5. The summed E-state index contributed by atoms with van der Waals surface area (Å²) < 4.78 is 3.86. The minimum absolute atomic E-state index is 0.148. The quantitative estimate of drug-likeness (QED) is 0.401. The number of aliphatic hydroxyl groups is 1. The van der Waals surface area contributed by atoms with Crippen molar-refractivity contribution in [3.8, 4) is 23.6 Å². The number of carbonyl (C=O) groups excluding carboxylic acids is 2. The molecule has 1 unspecified atom stereocenters. The van der Waals surface area contributed by atoms with Crippen LogP contribution >= 0.6 is 0 Å². The first-order valence-electron chi connectivity index (χ1n) is 13.1. The van der Waals surface area contributed by atoms with Crippen LogP contribution in [-0.4, -0.2) is 60.8 Å². The molecule has 1 saturated carbocycles.